The van der Waals surface area contributed by atoms with Gasteiger partial charge in [0.05, 0.1) is 4.47 Å². The third-order valence-electron chi connectivity index (χ3n) is 3.49. The molecule has 3 rings (SSSR count). The number of carbonyl (C=O) groups excluding carboxylic acids is 1. The van der Waals surface area contributed by atoms with Gasteiger partial charge in [0.25, 0.3) is 0 Å². The number of carbonyl (C=O) groups is 1. The average molecular weight is 450 g/mol. The van der Waals surface area contributed by atoms with Crippen molar-refractivity contribution in [3.63, 3.8) is 0 Å². The van der Waals surface area contributed by atoms with Gasteiger partial charge in [0.15, 0.2) is 6.61 Å². The molecule has 0 atom stereocenters. The van der Waals surface area contributed by atoms with Crippen LogP contribution >= 0.6 is 31.9 Å². The normalized spacial score (nSPS) is 10.6. The summed E-state index contributed by atoms with van der Waals surface area (Å²) < 4.78 is 12.8. The van der Waals surface area contributed by atoms with Gasteiger partial charge in [-0.25, -0.2) is 4.79 Å². The van der Waals surface area contributed by atoms with Crippen molar-refractivity contribution in [3.05, 3.63) is 69.1 Å². The summed E-state index contributed by atoms with van der Waals surface area (Å²) in [7, 11) is 0. The number of halogens is 2. The zero-order valence-electron chi connectivity index (χ0n) is 12.9. The lowest BCUT2D eigenvalue weighted by molar-refractivity contribution is -0.136. The van der Waals surface area contributed by atoms with E-state index in [2.05, 4.69) is 31.9 Å². The first-order valence-corrected chi connectivity index (χ1v) is 8.90. The summed E-state index contributed by atoms with van der Waals surface area (Å²) in [5.41, 5.74) is 1.11. The van der Waals surface area contributed by atoms with E-state index in [-0.39, 0.29) is 6.61 Å². The molecular formula is C19H14Br2O3. The van der Waals surface area contributed by atoms with Crippen LogP contribution in [0.25, 0.3) is 10.8 Å². The Morgan fingerprint density at radius 3 is 2.38 bits per heavy atom. The van der Waals surface area contributed by atoms with Crippen LogP contribution in [0.1, 0.15) is 5.56 Å². The largest absolute Gasteiger partial charge is 0.481 e. The third-order valence-corrected chi connectivity index (χ3v) is 4.80. The first kappa shape index (κ1) is 17.0. The van der Waals surface area contributed by atoms with Crippen molar-refractivity contribution in [3.8, 4) is 11.5 Å². The van der Waals surface area contributed by atoms with E-state index in [0.29, 0.717) is 11.5 Å². The van der Waals surface area contributed by atoms with Gasteiger partial charge >= 0.3 is 5.97 Å². The van der Waals surface area contributed by atoms with E-state index >= 15 is 0 Å². The molecule has 0 radical (unpaired) electrons. The SMILES string of the molecule is Cc1ccc(OCC(=O)Oc2ccc(Br)c3ccccc23)c(Br)c1. The van der Waals surface area contributed by atoms with Gasteiger partial charge in [-0.3, -0.25) is 0 Å². The maximum atomic E-state index is 12.1. The number of benzene rings is 3. The van der Waals surface area contributed by atoms with Gasteiger partial charge in [-0.05, 0) is 58.1 Å². The van der Waals surface area contributed by atoms with Crippen molar-refractivity contribution in [2.24, 2.45) is 0 Å². The zero-order valence-corrected chi connectivity index (χ0v) is 16.1. The van der Waals surface area contributed by atoms with Crippen molar-refractivity contribution >= 4 is 48.6 Å². The monoisotopic (exact) mass is 448 g/mol. The van der Waals surface area contributed by atoms with E-state index in [4.69, 9.17) is 9.47 Å². The molecule has 0 heterocycles. The first-order valence-electron chi connectivity index (χ1n) is 7.31. The molecule has 0 saturated heterocycles. The van der Waals surface area contributed by atoms with Crippen LogP contribution in [0.2, 0.25) is 0 Å². The molecule has 0 aliphatic carbocycles. The predicted octanol–water partition coefficient (Wildman–Crippen LogP) is 5.66. The molecule has 24 heavy (non-hydrogen) atoms. The number of aryl methyl sites for hydroxylation is 1. The summed E-state index contributed by atoms with van der Waals surface area (Å²) in [6, 6.07) is 17.0. The summed E-state index contributed by atoms with van der Waals surface area (Å²) in [5, 5.41) is 1.86. The van der Waals surface area contributed by atoms with Crippen LogP contribution in [0.15, 0.2) is 63.5 Å². The third kappa shape index (κ3) is 3.79. The van der Waals surface area contributed by atoms with Gasteiger partial charge in [0, 0.05) is 9.86 Å². The number of hydrogen-bond donors (Lipinski definition) is 0. The van der Waals surface area contributed by atoms with Crippen LogP contribution in [0.5, 0.6) is 11.5 Å². The van der Waals surface area contributed by atoms with Gasteiger partial charge in [0.1, 0.15) is 11.5 Å². The lowest BCUT2D eigenvalue weighted by atomic mass is 10.1. The van der Waals surface area contributed by atoms with Crippen LogP contribution in [0, 0.1) is 6.92 Å². The standard InChI is InChI=1S/C19H14Br2O3/c1-12-6-8-18(16(21)10-12)23-11-19(22)24-17-9-7-15(20)13-4-2-3-5-14(13)17/h2-10H,11H2,1H3. The van der Waals surface area contributed by atoms with E-state index in [1.165, 1.54) is 0 Å². The summed E-state index contributed by atoms with van der Waals surface area (Å²) in [6.45, 7) is 1.83. The lowest BCUT2D eigenvalue weighted by Crippen LogP contribution is -2.18. The molecule has 0 unspecified atom stereocenters. The molecule has 122 valence electrons. The molecule has 0 saturated carbocycles. The Morgan fingerprint density at radius 1 is 0.917 bits per heavy atom. The van der Waals surface area contributed by atoms with Gasteiger partial charge in [-0.15, -0.1) is 0 Å². The molecule has 0 fully saturated rings. The highest BCUT2D eigenvalue weighted by Gasteiger charge is 2.11. The molecular weight excluding hydrogens is 436 g/mol. The Bertz CT molecular complexity index is 906. The minimum atomic E-state index is -0.449. The fraction of sp³-hybridized carbons (Fsp3) is 0.105. The van der Waals surface area contributed by atoms with Crippen molar-refractivity contribution in [1.82, 2.24) is 0 Å². The molecule has 0 aromatic heterocycles. The Morgan fingerprint density at radius 2 is 1.62 bits per heavy atom. The van der Waals surface area contributed by atoms with Crippen LogP contribution in [0.4, 0.5) is 0 Å². The fourth-order valence-corrected chi connectivity index (χ4v) is 3.42. The van der Waals surface area contributed by atoms with Crippen LogP contribution in [-0.2, 0) is 4.79 Å². The molecule has 0 bridgehead atoms. The summed E-state index contributed by atoms with van der Waals surface area (Å²) in [5.74, 6) is 0.679. The smallest absolute Gasteiger partial charge is 0.349 e. The van der Waals surface area contributed by atoms with Crippen LogP contribution < -0.4 is 9.47 Å². The number of ether oxygens (including phenoxy) is 2. The topological polar surface area (TPSA) is 35.5 Å². The molecule has 5 heteroatoms. The average Bonchev–Trinajstić information content (AvgIpc) is 2.57. The van der Waals surface area contributed by atoms with Gasteiger partial charge in [0.2, 0.25) is 0 Å². The van der Waals surface area contributed by atoms with E-state index in [1.807, 2.05) is 55.5 Å². The fourth-order valence-electron chi connectivity index (χ4n) is 2.34. The maximum absolute atomic E-state index is 12.1. The summed E-state index contributed by atoms with van der Waals surface area (Å²) >= 11 is 6.92. The number of esters is 1. The Balaban J connectivity index is 1.72. The second-order valence-corrected chi connectivity index (χ2v) is 7.00. The summed E-state index contributed by atoms with van der Waals surface area (Å²) in [6.07, 6.45) is 0. The number of fused-ring (bicyclic) bond motifs is 1. The molecule has 0 spiro atoms. The van der Waals surface area contributed by atoms with Gasteiger partial charge in [-0.2, -0.15) is 0 Å². The predicted molar refractivity (Wildman–Crippen MR) is 102 cm³/mol. The van der Waals surface area contributed by atoms with E-state index in [9.17, 15) is 4.79 Å². The highest BCUT2D eigenvalue weighted by molar-refractivity contribution is 9.11. The quantitative estimate of drug-likeness (QED) is 0.381. The number of rotatable bonds is 4. The minimum absolute atomic E-state index is 0.161. The van der Waals surface area contributed by atoms with Crippen LogP contribution in [-0.4, -0.2) is 12.6 Å². The highest BCUT2D eigenvalue weighted by Crippen LogP contribution is 2.31. The molecule has 0 amide bonds. The molecule has 0 N–H and O–H groups in total. The number of hydrogen-bond acceptors (Lipinski definition) is 3. The van der Waals surface area contributed by atoms with Crippen molar-refractivity contribution < 1.29 is 14.3 Å². The minimum Gasteiger partial charge on any atom is -0.481 e. The Labute approximate surface area is 156 Å². The molecule has 0 aliphatic rings. The Hall–Kier alpha value is -1.85. The molecule has 3 aromatic carbocycles. The molecule has 3 aromatic rings. The lowest BCUT2D eigenvalue weighted by Gasteiger charge is -2.11. The maximum Gasteiger partial charge on any atom is 0.349 e. The van der Waals surface area contributed by atoms with Crippen molar-refractivity contribution in [1.29, 1.82) is 0 Å². The van der Waals surface area contributed by atoms with Crippen molar-refractivity contribution in [2.45, 2.75) is 6.92 Å². The highest BCUT2D eigenvalue weighted by atomic mass is 79.9. The molecule has 0 aliphatic heterocycles. The van der Waals surface area contributed by atoms with Gasteiger partial charge < -0.3 is 9.47 Å². The Kier molecular flexibility index (Phi) is 5.21. The molecule has 3 nitrogen and oxygen atoms in total. The van der Waals surface area contributed by atoms with E-state index in [0.717, 1.165) is 25.3 Å². The second kappa shape index (κ2) is 7.36. The first-order chi connectivity index (χ1) is 11.5. The van der Waals surface area contributed by atoms with Crippen molar-refractivity contribution in [2.75, 3.05) is 6.61 Å². The van der Waals surface area contributed by atoms with Gasteiger partial charge in [-0.1, -0.05) is 46.3 Å². The van der Waals surface area contributed by atoms with E-state index < -0.39 is 5.97 Å². The van der Waals surface area contributed by atoms with Crippen LogP contribution in [0.3, 0.4) is 0 Å². The van der Waals surface area contributed by atoms with E-state index in [1.54, 1.807) is 6.07 Å². The summed E-state index contributed by atoms with van der Waals surface area (Å²) in [4.78, 5) is 12.1. The zero-order chi connectivity index (χ0) is 17.1. The second-order valence-electron chi connectivity index (χ2n) is 5.29.